The van der Waals surface area contributed by atoms with E-state index in [2.05, 4.69) is 0 Å². The molecule has 2 nitrogen and oxygen atoms in total. The van der Waals surface area contributed by atoms with Crippen molar-refractivity contribution in [3.05, 3.63) is 47.8 Å². The fraction of sp³-hybridized carbons (Fsp3) is 0.267. The lowest BCUT2D eigenvalue weighted by atomic mass is 10.0. The number of rotatable bonds is 1. The van der Waals surface area contributed by atoms with Crippen molar-refractivity contribution < 1.29 is 13.9 Å². The Morgan fingerprint density at radius 3 is 2.28 bits per heavy atom. The molecule has 0 bridgehead atoms. The molecule has 18 heavy (non-hydrogen) atoms. The number of fused-ring (bicyclic) bond motifs is 1. The van der Waals surface area contributed by atoms with Gasteiger partial charge in [0.2, 0.25) is 0 Å². The monoisotopic (exact) mass is 246 g/mol. The van der Waals surface area contributed by atoms with Gasteiger partial charge in [0.15, 0.2) is 0 Å². The second-order valence-corrected chi connectivity index (χ2v) is 5.14. The molecule has 94 valence electrons. The highest BCUT2D eigenvalue weighted by Gasteiger charge is 2.20. The van der Waals surface area contributed by atoms with E-state index in [0.717, 1.165) is 0 Å². The smallest absolute Gasteiger partial charge is 0.339 e. The first-order valence-electron chi connectivity index (χ1n) is 5.79. The van der Waals surface area contributed by atoms with Gasteiger partial charge >= 0.3 is 5.97 Å². The molecule has 2 aromatic rings. The Bertz CT molecular complexity index is 597. The summed E-state index contributed by atoms with van der Waals surface area (Å²) in [4.78, 5) is 12.0. The average Bonchev–Trinajstić information content (AvgIpc) is 2.27. The Hall–Kier alpha value is -1.90. The van der Waals surface area contributed by atoms with E-state index < -0.39 is 11.6 Å². The maximum atomic E-state index is 13.6. The van der Waals surface area contributed by atoms with Crippen LogP contribution in [0.25, 0.3) is 10.8 Å². The maximum absolute atomic E-state index is 13.6. The molecule has 0 aliphatic rings. The summed E-state index contributed by atoms with van der Waals surface area (Å²) in [6.07, 6.45) is 0. The Morgan fingerprint density at radius 2 is 1.67 bits per heavy atom. The molecule has 0 saturated carbocycles. The number of halogens is 1. The van der Waals surface area contributed by atoms with Crippen LogP contribution in [-0.4, -0.2) is 11.6 Å². The normalized spacial score (nSPS) is 11.6. The Morgan fingerprint density at radius 1 is 1.06 bits per heavy atom. The van der Waals surface area contributed by atoms with Crippen LogP contribution in [0.5, 0.6) is 0 Å². The topological polar surface area (TPSA) is 26.3 Å². The Balaban J connectivity index is 2.52. The van der Waals surface area contributed by atoms with E-state index in [1.807, 2.05) is 0 Å². The van der Waals surface area contributed by atoms with Gasteiger partial charge in [-0.1, -0.05) is 24.3 Å². The molecule has 0 unspecified atom stereocenters. The molecule has 3 heteroatoms. The summed E-state index contributed by atoms with van der Waals surface area (Å²) >= 11 is 0. The molecule has 0 heterocycles. The van der Waals surface area contributed by atoms with Crippen molar-refractivity contribution in [2.24, 2.45) is 0 Å². The van der Waals surface area contributed by atoms with Gasteiger partial charge < -0.3 is 4.74 Å². The van der Waals surface area contributed by atoms with Gasteiger partial charge in [-0.05, 0) is 38.3 Å². The molecule has 0 N–H and O–H groups in total. The van der Waals surface area contributed by atoms with Crippen LogP contribution in [0.15, 0.2) is 36.4 Å². The van der Waals surface area contributed by atoms with Gasteiger partial charge in [0.1, 0.15) is 11.4 Å². The number of carbonyl (C=O) groups is 1. The van der Waals surface area contributed by atoms with Gasteiger partial charge in [-0.15, -0.1) is 0 Å². The summed E-state index contributed by atoms with van der Waals surface area (Å²) in [6.45, 7) is 5.41. The highest BCUT2D eigenvalue weighted by molar-refractivity contribution is 6.04. The minimum Gasteiger partial charge on any atom is -0.456 e. The van der Waals surface area contributed by atoms with Crippen molar-refractivity contribution in [2.75, 3.05) is 0 Å². The lowest BCUT2D eigenvalue weighted by molar-refractivity contribution is 0.00718. The van der Waals surface area contributed by atoms with E-state index in [1.54, 1.807) is 45.0 Å². The first-order valence-corrected chi connectivity index (χ1v) is 5.79. The number of hydrogen-bond acceptors (Lipinski definition) is 2. The molecular formula is C15H15FO2. The third-order valence-corrected chi connectivity index (χ3v) is 2.49. The zero-order valence-electron chi connectivity index (χ0n) is 10.7. The van der Waals surface area contributed by atoms with E-state index in [-0.39, 0.29) is 5.82 Å². The third-order valence-electron chi connectivity index (χ3n) is 2.49. The molecule has 0 fully saturated rings. The highest BCUT2D eigenvalue weighted by atomic mass is 19.1. The molecule has 2 aromatic carbocycles. The fourth-order valence-electron chi connectivity index (χ4n) is 1.77. The van der Waals surface area contributed by atoms with E-state index >= 15 is 0 Å². The van der Waals surface area contributed by atoms with Gasteiger partial charge in [-0.3, -0.25) is 0 Å². The van der Waals surface area contributed by atoms with Crippen LogP contribution in [0.1, 0.15) is 31.1 Å². The number of hydrogen-bond donors (Lipinski definition) is 0. The van der Waals surface area contributed by atoms with Crippen molar-refractivity contribution in [3.8, 4) is 0 Å². The Labute approximate surface area is 105 Å². The van der Waals surface area contributed by atoms with Crippen LogP contribution in [0, 0.1) is 5.82 Å². The standard InChI is InChI=1S/C15H15FO2/c1-15(2,3)18-14(17)12-8-9-13(16)11-7-5-4-6-10(11)12/h4-9H,1-3H3. The molecule has 0 aliphatic carbocycles. The number of benzene rings is 2. The first-order chi connectivity index (χ1) is 8.38. The van der Waals surface area contributed by atoms with Crippen molar-refractivity contribution in [1.82, 2.24) is 0 Å². The summed E-state index contributed by atoms with van der Waals surface area (Å²) < 4.78 is 18.9. The van der Waals surface area contributed by atoms with Crippen molar-refractivity contribution >= 4 is 16.7 Å². The summed E-state index contributed by atoms with van der Waals surface area (Å²) in [6, 6.07) is 9.64. The zero-order valence-corrected chi connectivity index (χ0v) is 10.7. The van der Waals surface area contributed by atoms with Crippen LogP contribution in [0.4, 0.5) is 4.39 Å². The summed E-state index contributed by atoms with van der Waals surface area (Å²) in [5, 5.41) is 1.01. The number of ether oxygens (including phenoxy) is 1. The Kier molecular flexibility index (Phi) is 3.07. The maximum Gasteiger partial charge on any atom is 0.339 e. The van der Waals surface area contributed by atoms with E-state index in [4.69, 9.17) is 4.74 Å². The molecule has 0 saturated heterocycles. The van der Waals surface area contributed by atoms with Crippen LogP contribution >= 0.6 is 0 Å². The number of esters is 1. The lowest BCUT2D eigenvalue weighted by Gasteiger charge is -2.20. The van der Waals surface area contributed by atoms with E-state index in [0.29, 0.717) is 16.3 Å². The first kappa shape index (κ1) is 12.6. The molecular weight excluding hydrogens is 231 g/mol. The zero-order chi connectivity index (χ0) is 13.3. The molecule has 0 aliphatic heterocycles. The molecule has 2 rings (SSSR count). The molecule has 0 radical (unpaired) electrons. The van der Waals surface area contributed by atoms with Gasteiger partial charge in [-0.2, -0.15) is 0 Å². The van der Waals surface area contributed by atoms with Gasteiger partial charge in [-0.25, -0.2) is 9.18 Å². The third kappa shape index (κ3) is 2.50. The van der Waals surface area contributed by atoms with Crippen molar-refractivity contribution in [2.45, 2.75) is 26.4 Å². The molecule has 0 atom stereocenters. The second kappa shape index (κ2) is 4.41. The molecule has 0 amide bonds. The largest absolute Gasteiger partial charge is 0.456 e. The quantitative estimate of drug-likeness (QED) is 0.712. The summed E-state index contributed by atoms with van der Waals surface area (Å²) in [5.41, 5.74) is -0.172. The summed E-state index contributed by atoms with van der Waals surface area (Å²) in [7, 11) is 0. The average molecular weight is 246 g/mol. The minimum absolute atomic E-state index is 0.335. The minimum atomic E-state index is -0.563. The van der Waals surface area contributed by atoms with Gasteiger partial charge in [0.25, 0.3) is 0 Å². The lowest BCUT2D eigenvalue weighted by Crippen LogP contribution is -2.24. The van der Waals surface area contributed by atoms with Crippen LogP contribution < -0.4 is 0 Å². The van der Waals surface area contributed by atoms with Crippen LogP contribution in [-0.2, 0) is 4.74 Å². The summed E-state index contributed by atoms with van der Waals surface area (Å²) in [5.74, 6) is -0.767. The molecule has 0 spiro atoms. The van der Waals surface area contributed by atoms with Gasteiger partial charge in [0.05, 0.1) is 5.56 Å². The van der Waals surface area contributed by atoms with Crippen LogP contribution in [0.3, 0.4) is 0 Å². The van der Waals surface area contributed by atoms with Crippen LogP contribution in [0.2, 0.25) is 0 Å². The predicted molar refractivity (Wildman–Crippen MR) is 69.1 cm³/mol. The number of carbonyl (C=O) groups excluding carboxylic acids is 1. The second-order valence-electron chi connectivity index (χ2n) is 5.14. The van der Waals surface area contributed by atoms with E-state index in [1.165, 1.54) is 12.1 Å². The molecule has 0 aromatic heterocycles. The SMILES string of the molecule is CC(C)(C)OC(=O)c1ccc(F)c2ccccc12. The predicted octanol–water partition coefficient (Wildman–Crippen LogP) is 3.93. The van der Waals surface area contributed by atoms with Crippen molar-refractivity contribution in [3.63, 3.8) is 0 Å². The highest BCUT2D eigenvalue weighted by Crippen LogP contribution is 2.23. The van der Waals surface area contributed by atoms with Gasteiger partial charge in [0, 0.05) is 5.39 Å². The van der Waals surface area contributed by atoms with Crippen molar-refractivity contribution in [1.29, 1.82) is 0 Å². The van der Waals surface area contributed by atoms with E-state index in [9.17, 15) is 9.18 Å². The fourth-order valence-corrected chi connectivity index (χ4v) is 1.77.